The number of allylic oxidation sites excluding steroid dienone is 2. The Kier molecular flexibility index (Phi) is 3.95. The van der Waals surface area contributed by atoms with Crippen LogP contribution in [0.3, 0.4) is 0 Å². The third kappa shape index (κ3) is 2.80. The number of benzene rings is 2. The molecule has 0 spiro atoms. The van der Waals surface area contributed by atoms with Gasteiger partial charge in [-0.05, 0) is 73.6 Å². The van der Waals surface area contributed by atoms with E-state index in [1.165, 1.54) is 4.90 Å². The minimum absolute atomic E-state index is 0.156. The Hall–Kier alpha value is -3.21. The lowest BCUT2D eigenvalue weighted by Gasteiger charge is -2.18. The average molecular weight is 387 g/mol. The summed E-state index contributed by atoms with van der Waals surface area (Å²) < 4.78 is 5.51. The lowest BCUT2D eigenvalue weighted by Crippen LogP contribution is -2.33. The molecule has 0 N–H and O–H groups in total. The van der Waals surface area contributed by atoms with Crippen LogP contribution in [0, 0.1) is 37.5 Å². The van der Waals surface area contributed by atoms with E-state index in [1.54, 1.807) is 36.4 Å². The van der Waals surface area contributed by atoms with E-state index in [0.29, 0.717) is 17.0 Å². The van der Waals surface area contributed by atoms with Gasteiger partial charge in [0.1, 0.15) is 5.75 Å². The average Bonchev–Trinajstić information content (AvgIpc) is 3.35. The molecule has 0 radical (unpaired) electrons. The number of rotatable bonds is 3. The Morgan fingerprint density at radius 3 is 2.17 bits per heavy atom. The second kappa shape index (κ2) is 6.41. The van der Waals surface area contributed by atoms with Crippen molar-refractivity contribution in [3.8, 4) is 5.75 Å². The molecule has 4 atom stereocenters. The van der Waals surface area contributed by atoms with E-state index in [9.17, 15) is 14.4 Å². The first-order chi connectivity index (χ1) is 13.9. The number of esters is 1. The second-order valence-corrected chi connectivity index (χ2v) is 8.28. The van der Waals surface area contributed by atoms with Gasteiger partial charge in [-0.3, -0.25) is 9.59 Å². The number of aryl methyl sites for hydroxylation is 2. The van der Waals surface area contributed by atoms with Gasteiger partial charge in [-0.15, -0.1) is 0 Å². The molecule has 2 fully saturated rings. The van der Waals surface area contributed by atoms with E-state index in [2.05, 4.69) is 12.2 Å². The first-order valence-electron chi connectivity index (χ1n) is 9.89. The zero-order valence-electron chi connectivity index (χ0n) is 16.3. The molecule has 0 aromatic heterocycles. The molecule has 5 nitrogen and oxygen atoms in total. The maximum absolute atomic E-state index is 13.0. The summed E-state index contributed by atoms with van der Waals surface area (Å²) in [6, 6.07) is 12.2. The summed E-state index contributed by atoms with van der Waals surface area (Å²) in [5.74, 6) is -0.560. The van der Waals surface area contributed by atoms with E-state index in [4.69, 9.17) is 4.74 Å². The number of carbonyl (C=O) groups excluding carboxylic acids is 3. The molecular weight excluding hydrogens is 366 g/mol. The van der Waals surface area contributed by atoms with Gasteiger partial charge in [0.15, 0.2) is 0 Å². The van der Waals surface area contributed by atoms with Crippen LogP contribution in [0.1, 0.15) is 27.9 Å². The summed E-state index contributed by atoms with van der Waals surface area (Å²) in [6.45, 7) is 3.88. The Morgan fingerprint density at radius 2 is 1.55 bits per heavy atom. The fourth-order valence-electron chi connectivity index (χ4n) is 5.09. The number of anilines is 1. The fourth-order valence-corrected chi connectivity index (χ4v) is 5.09. The highest BCUT2D eigenvalue weighted by atomic mass is 16.5. The van der Waals surface area contributed by atoms with Crippen molar-refractivity contribution in [2.45, 2.75) is 20.3 Å². The van der Waals surface area contributed by atoms with Crippen LogP contribution in [0.2, 0.25) is 0 Å². The molecular formula is C24H21NO4. The normalized spacial score (nSPS) is 26.9. The molecule has 5 rings (SSSR count). The minimum Gasteiger partial charge on any atom is -0.423 e. The molecule has 2 aromatic carbocycles. The Morgan fingerprint density at radius 1 is 0.931 bits per heavy atom. The summed E-state index contributed by atoms with van der Waals surface area (Å²) in [5.41, 5.74) is 2.75. The lowest BCUT2D eigenvalue weighted by atomic mass is 9.85. The van der Waals surface area contributed by atoms with Crippen LogP contribution in [0.4, 0.5) is 5.69 Å². The van der Waals surface area contributed by atoms with Crippen molar-refractivity contribution in [2.24, 2.45) is 23.7 Å². The predicted molar refractivity (Wildman–Crippen MR) is 108 cm³/mol. The number of ether oxygens (including phenoxy) is 1. The molecule has 5 heteroatoms. The molecule has 2 aliphatic carbocycles. The Bertz CT molecular complexity index is 1040. The van der Waals surface area contributed by atoms with Gasteiger partial charge in [0, 0.05) is 0 Å². The van der Waals surface area contributed by atoms with Gasteiger partial charge in [-0.1, -0.05) is 24.3 Å². The summed E-state index contributed by atoms with van der Waals surface area (Å²) in [6.07, 6.45) is 5.03. The first kappa shape index (κ1) is 17.9. The van der Waals surface area contributed by atoms with E-state index >= 15 is 0 Å². The minimum atomic E-state index is -0.516. The van der Waals surface area contributed by atoms with Crippen LogP contribution >= 0.6 is 0 Å². The van der Waals surface area contributed by atoms with Gasteiger partial charge >= 0.3 is 5.97 Å². The van der Waals surface area contributed by atoms with Crippen molar-refractivity contribution >= 4 is 23.5 Å². The molecule has 3 aliphatic rings. The maximum atomic E-state index is 13.0. The monoisotopic (exact) mass is 387 g/mol. The molecule has 1 saturated carbocycles. The Labute approximate surface area is 169 Å². The number of nitrogens with zero attached hydrogens (tertiary/aromatic N) is 1. The standard InChI is InChI=1S/C24H21NO4/c1-13-8-14(2)10-19(9-13)29-24(28)17-4-3-5-18(12-17)25-22(26)20-15-6-7-16(11-15)21(20)23(25)27/h3-10,12,15-16,20-21H,11H2,1-2H3/t15-,16+,20-,21-/m0/s1. The smallest absolute Gasteiger partial charge is 0.343 e. The van der Waals surface area contributed by atoms with Gasteiger partial charge in [0.2, 0.25) is 11.8 Å². The highest BCUT2D eigenvalue weighted by Crippen LogP contribution is 2.53. The van der Waals surface area contributed by atoms with Crippen LogP contribution in [0.25, 0.3) is 0 Å². The molecule has 2 amide bonds. The topological polar surface area (TPSA) is 63.7 Å². The summed E-state index contributed by atoms with van der Waals surface area (Å²) >= 11 is 0. The van der Waals surface area contributed by atoms with E-state index in [0.717, 1.165) is 17.5 Å². The number of carbonyl (C=O) groups is 3. The van der Waals surface area contributed by atoms with Crippen molar-refractivity contribution in [3.05, 3.63) is 71.3 Å². The summed E-state index contributed by atoms with van der Waals surface area (Å²) in [5, 5.41) is 0. The third-order valence-corrected chi connectivity index (χ3v) is 6.22. The maximum Gasteiger partial charge on any atom is 0.343 e. The predicted octanol–water partition coefficient (Wildman–Crippen LogP) is 3.83. The van der Waals surface area contributed by atoms with E-state index in [1.807, 2.05) is 19.9 Å². The number of hydrogen-bond donors (Lipinski definition) is 0. The number of hydrogen-bond acceptors (Lipinski definition) is 4. The summed E-state index contributed by atoms with van der Waals surface area (Å²) in [4.78, 5) is 39.9. The van der Waals surface area contributed by atoms with Crippen molar-refractivity contribution in [1.82, 2.24) is 0 Å². The SMILES string of the molecule is Cc1cc(C)cc(OC(=O)c2cccc(N3C(=O)[C@@H]4[C@@H](C3=O)[C@H]3C=C[C@@H]4C3)c2)c1. The zero-order valence-corrected chi connectivity index (χ0v) is 16.3. The second-order valence-electron chi connectivity index (χ2n) is 8.28. The zero-order chi connectivity index (χ0) is 20.3. The molecule has 29 heavy (non-hydrogen) atoms. The third-order valence-electron chi connectivity index (χ3n) is 6.22. The van der Waals surface area contributed by atoms with Crippen LogP contribution in [-0.4, -0.2) is 17.8 Å². The summed E-state index contributed by atoms with van der Waals surface area (Å²) in [7, 11) is 0. The van der Waals surface area contributed by atoms with Crippen LogP contribution in [0.15, 0.2) is 54.6 Å². The van der Waals surface area contributed by atoms with E-state index < -0.39 is 5.97 Å². The van der Waals surface area contributed by atoms with Crippen LogP contribution in [-0.2, 0) is 9.59 Å². The van der Waals surface area contributed by atoms with Gasteiger partial charge in [-0.2, -0.15) is 0 Å². The lowest BCUT2D eigenvalue weighted by molar-refractivity contribution is -0.123. The van der Waals surface area contributed by atoms with Crippen LogP contribution < -0.4 is 9.64 Å². The van der Waals surface area contributed by atoms with Crippen molar-refractivity contribution < 1.29 is 19.1 Å². The molecule has 2 bridgehead atoms. The van der Waals surface area contributed by atoms with Gasteiger partial charge in [0.25, 0.3) is 0 Å². The van der Waals surface area contributed by atoms with Crippen LogP contribution in [0.5, 0.6) is 5.75 Å². The fraction of sp³-hybridized carbons (Fsp3) is 0.292. The number of imide groups is 1. The molecule has 146 valence electrons. The van der Waals surface area contributed by atoms with Crippen molar-refractivity contribution in [1.29, 1.82) is 0 Å². The number of amides is 2. The molecule has 1 heterocycles. The number of fused-ring (bicyclic) bond motifs is 5. The quantitative estimate of drug-likeness (QED) is 0.347. The molecule has 1 saturated heterocycles. The van der Waals surface area contributed by atoms with Crippen molar-refractivity contribution in [3.63, 3.8) is 0 Å². The van der Waals surface area contributed by atoms with Gasteiger partial charge in [-0.25, -0.2) is 9.69 Å². The molecule has 1 aliphatic heterocycles. The molecule has 2 aromatic rings. The molecule has 0 unspecified atom stereocenters. The van der Waals surface area contributed by atoms with Gasteiger partial charge in [0.05, 0.1) is 23.1 Å². The van der Waals surface area contributed by atoms with Gasteiger partial charge < -0.3 is 4.74 Å². The highest BCUT2D eigenvalue weighted by Gasteiger charge is 2.59. The van der Waals surface area contributed by atoms with E-state index in [-0.39, 0.29) is 35.5 Å². The first-order valence-corrected chi connectivity index (χ1v) is 9.89. The Balaban J connectivity index is 1.41. The largest absolute Gasteiger partial charge is 0.423 e. The highest BCUT2D eigenvalue weighted by molar-refractivity contribution is 6.23. The van der Waals surface area contributed by atoms with Crippen molar-refractivity contribution in [2.75, 3.05) is 4.90 Å².